The molecule has 4 nitrogen and oxygen atoms in total. The maximum atomic E-state index is 11.8. The predicted molar refractivity (Wildman–Crippen MR) is 73.1 cm³/mol. The molecule has 1 aliphatic rings. The van der Waals surface area contributed by atoms with Gasteiger partial charge in [0.1, 0.15) is 6.10 Å². The molecular weight excluding hydrogens is 242 g/mol. The molecule has 0 saturated carbocycles. The molecule has 0 radical (unpaired) electrons. The van der Waals surface area contributed by atoms with E-state index in [0.29, 0.717) is 19.7 Å². The largest absolute Gasteiger partial charge is 0.450 e. The van der Waals surface area contributed by atoms with E-state index in [1.165, 1.54) is 5.56 Å². The lowest BCUT2D eigenvalue weighted by Crippen LogP contribution is -2.46. The van der Waals surface area contributed by atoms with Gasteiger partial charge in [0.05, 0.1) is 25.8 Å². The van der Waals surface area contributed by atoms with Crippen LogP contribution in [0, 0.1) is 6.92 Å². The van der Waals surface area contributed by atoms with E-state index in [1.807, 2.05) is 13.8 Å². The zero-order chi connectivity index (χ0) is 13.8. The molecule has 1 fully saturated rings. The fourth-order valence-corrected chi connectivity index (χ4v) is 2.28. The summed E-state index contributed by atoms with van der Waals surface area (Å²) in [4.78, 5) is 13.5. The zero-order valence-corrected chi connectivity index (χ0v) is 11.8. The maximum Gasteiger partial charge on any atom is 0.409 e. The Kier molecular flexibility index (Phi) is 4.43. The van der Waals surface area contributed by atoms with Crippen LogP contribution >= 0.6 is 0 Å². The Morgan fingerprint density at radius 3 is 2.68 bits per heavy atom. The molecule has 0 spiro atoms. The van der Waals surface area contributed by atoms with Gasteiger partial charge >= 0.3 is 6.09 Å². The molecule has 1 saturated heterocycles. The van der Waals surface area contributed by atoms with Gasteiger partial charge in [0.25, 0.3) is 0 Å². The highest BCUT2D eigenvalue weighted by atomic mass is 16.6. The Morgan fingerprint density at radius 2 is 2.05 bits per heavy atom. The van der Waals surface area contributed by atoms with Gasteiger partial charge in [0, 0.05) is 0 Å². The van der Waals surface area contributed by atoms with Gasteiger partial charge in [-0.25, -0.2) is 4.79 Å². The van der Waals surface area contributed by atoms with Crippen LogP contribution < -0.4 is 0 Å². The van der Waals surface area contributed by atoms with Gasteiger partial charge in [0.2, 0.25) is 0 Å². The van der Waals surface area contributed by atoms with Gasteiger partial charge in [-0.2, -0.15) is 0 Å². The molecule has 1 aromatic carbocycles. The Balaban J connectivity index is 2.09. The summed E-state index contributed by atoms with van der Waals surface area (Å²) in [6, 6.07) is 8.24. The first-order valence-corrected chi connectivity index (χ1v) is 6.74. The van der Waals surface area contributed by atoms with E-state index in [1.54, 1.807) is 4.90 Å². The van der Waals surface area contributed by atoms with Crippen molar-refractivity contribution in [3.63, 3.8) is 0 Å². The van der Waals surface area contributed by atoms with E-state index in [-0.39, 0.29) is 18.3 Å². The first-order chi connectivity index (χ1) is 9.10. The highest BCUT2D eigenvalue weighted by Gasteiger charge is 2.29. The number of hydrogen-bond donors (Lipinski definition) is 0. The molecule has 0 aromatic heterocycles. The van der Waals surface area contributed by atoms with Crippen molar-refractivity contribution in [2.24, 2.45) is 0 Å². The van der Waals surface area contributed by atoms with E-state index < -0.39 is 0 Å². The number of carbonyl (C=O) groups excluding carboxylic acids is 1. The Labute approximate surface area is 114 Å². The first kappa shape index (κ1) is 13.9. The number of ether oxygens (including phenoxy) is 2. The third-order valence-electron chi connectivity index (χ3n) is 3.24. The Morgan fingerprint density at radius 1 is 1.37 bits per heavy atom. The lowest BCUT2D eigenvalue weighted by molar-refractivity contribution is -0.0738. The molecule has 1 amide bonds. The normalized spacial score (nSPS) is 23.2. The lowest BCUT2D eigenvalue weighted by Gasteiger charge is -2.36. The van der Waals surface area contributed by atoms with Crippen molar-refractivity contribution in [3.05, 3.63) is 35.4 Å². The van der Waals surface area contributed by atoms with Crippen LogP contribution in [-0.2, 0) is 9.47 Å². The average Bonchev–Trinajstić information content (AvgIpc) is 2.39. The fourth-order valence-electron chi connectivity index (χ4n) is 2.28. The molecule has 0 bridgehead atoms. The summed E-state index contributed by atoms with van der Waals surface area (Å²) in [5.74, 6) is 0. The summed E-state index contributed by atoms with van der Waals surface area (Å²) < 4.78 is 11.0. The average molecular weight is 263 g/mol. The number of morpholine rings is 1. The fraction of sp³-hybridized carbons (Fsp3) is 0.533. The predicted octanol–water partition coefficient (Wildman–Crippen LogP) is 2.91. The van der Waals surface area contributed by atoms with Crippen molar-refractivity contribution in [2.45, 2.75) is 33.0 Å². The van der Waals surface area contributed by atoms with Gasteiger partial charge in [-0.15, -0.1) is 0 Å². The monoisotopic (exact) mass is 263 g/mol. The summed E-state index contributed by atoms with van der Waals surface area (Å²) in [5, 5.41) is 0. The van der Waals surface area contributed by atoms with Crippen molar-refractivity contribution in [2.75, 3.05) is 19.7 Å². The van der Waals surface area contributed by atoms with E-state index in [0.717, 1.165) is 5.56 Å². The van der Waals surface area contributed by atoms with Gasteiger partial charge in [0.15, 0.2) is 0 Å². The summed E-state index contributed by atoms with van der Waals surface area (Å²) in [5.41, 5.74) is 2.32. The van der Waals surface area contributed by atoms with Crippen LogP contribution in [0.1, 0.15) is 31.1 Å². The molecule has 1 heterocycles. The van der Waals surface area contributed by atoms with Gasteiger partial charge < -0.3 is 14.4 Å². The molecular formula is C15H21NO3. The topological polar surface area (TPSA) is 38.8 Å². The van der Waals surface area contributed by atoms with Gasteiger partial charge in [-0.3, -0.25) is 0 Å². The van der Waals surface area contributed by atoms with Crippen molar-refractivity contribution < 1.29 is 14.3 Å². The summed E-state index contributed by atoms with van der Waals surface area (Å²) in [7, 11) is 0. The minimum absolute atomic E-state index is 0.0180. The van der Waals surface area contributed by atoms with Crippen molar-refractivity contribution >= 4 is 6.09 Å². The number of benzene rings is 1. The van der Waals surface area contributed by atoms with Crippen LogP contribution in [0.2, 0.25) is 0 Å². The smallest absolute Gasteiger partial charge is 0.409 e. The Hall–Kier alpha value is -1.55. The molecule has 1 aliphatic heterocycles. The van der Waals surface area contributed by atoms with E-state index in [4.69, 9.17) is 9.47 Å². The summed E-state index contributed by atoms with van der Waals surface area (Å²) >= 11 is 0. The van der Waals surface area contributed by atoms with Crippen LogP contribution in [0.15, 0.2) is 24.3 Å². The number of hydrogen-bond acceptors (Lipinski definition) is 3. The zero-order valence-electron chi connectivity index (χ0n) is 11.8. The molecule has 2 unspecified atom stereocenters. The number of amides is 1. The quantitative estimate of drug-likeness (QED) is 0.823. The second-order valence-corrected chi connectivity index (χ2v) is 4.95. The maximum absolute atomic E-state index is 11.8. The van der Waals surface area contributed by atoms with E-state index in [9.17, 15) is 4.79 Å². The SMILES string of the molecule is CCOC(=O)N1CC(C)OC(c2ccc(C)cc2)C1. The van der Waals surface area contributed by atoms with Crippen molar-refractivity contribution in [3.8, 4) is 0 Å². The van der Waals surface area contributed by atoms with Crippen LogP contribution in [0.25, 0.3) is 0 Å². The lowest BCUT2D eigenvalue weighted by atomic mass is 10.1. The summed E-state index contributed by atoms with van der Waals surface area (Å²) in [6.45, 7) is 7.39. The van der Waals surface area contributed by atoms with E-state index >= 15 is 0 Å². The number of aryl methyl sites for hydroxylation is 1. The Bertz CT molecular complexity index is 430. The molecule has 0 aliphatic carbocycles. The minimum atomic E-state index is -0.255. The molecule has 1 aromatic rings. The van der Waals surface area contributed by atoms with Gasteiger partial charge in [-0.05, 0) is 26.3 Å². The molecule has 0 N–H and O–H groups in total. The second-order valence-electron chi connectivity index (χ2n) is 4.95. The van der Waals surface area contributed by atoms with Crippen molar-refractivity contribution in [1.29, 1.82) is 0 Å². The van der Waals surface area contributed by atoms with Gasteiger partial charge in [-0.1, -0.05) is 29.8 Å². The minimum Gasteiger partial charge on any atom is -0.450 e. The third kappa shape index (κ3) is 3.47. The molecule has 104 valence electrons. The molecule has 2 rings (SSSR count). The number of carbonyl (C=O) groups is 1. The van der Waals surface area contributed by atoms with Crippen LogP contribution in [0.5, 0.6) is 0 Å². The molecule has 4 heteroatoms. The van der Waals surface area contributed by atoms with Crippen LogP contribution in [0.4, 0.5) is 4.79 Å². The third-order valence-corrected chi connectivity index (χ3v) is 3.24. The number of nitrogens with zero attached hydrogens (tertiary/aromatic N) is 1. The standard InChI is InChI=1S/C15H21NO3/c1-4-18-15(17)16-9-12(3)19-14(10-16)13-7-5-11(2)6-8-13/h5-8,12,14H,4,9-10H2,1-3H3. The van der Waals surface area contributed by atoms with E-state index in [2.05, 4.69) is 31.2 Å². The van der Waals surface area contributed by atoms with Crippen molar-refractivity contribution in [1.82, 2.24) is 4.90 Å². The highest BCUT2D eigenvalue weighted by Crippen LogP contribution is 2.25. The van der Waals surface area contributed by atoms with Crippen LogP contribution in [0.3, 0.4) is 0 Å². The second kappa shape index (κ2) is 6.06. The number of rotatable bonds is 2. The van der Waals surface area contributed by atoms with Crippen LogP contribution in [-0.4, -0.2) is 36.8 Å². The first-order valence-electron chi connectivity index (χ1n) is 6.74. The highest BCUT2D eigenvalue weighted by molar-refractivity contribution is 5.67. The molecule has 19 heavy (non-hydrogen) atoms. The summed E-state index contributed by atoms with van der Waals surface area (Å²) in [6.07, 6.45) is -0.312. The molecule has 2 atom stereocenters.